The Morgan fingerprint density at radius 3 is 2.53 bits per heavy atom. The highest BCUT2D eigenvalue weighted by Crippen LogP contribution is 2.26. The molecule has 1 N–H and O–H groups in total. The molecule has 0 aliphatic heterocycles. The van der Waals surface area contributed by atoms with Crippen LogP contribution in [0.2, 0.25) is 0 Å². The van der Waals surface area contributed by atoms with Crippen molar-refractivity contribution in [2.24, 2.45) is 0 Å². The van der Waals surface area contributed by atoms with Gasteiger partial charge >= 0.3 is 0 Å². The molecule has 0 aliphatic rings. The highest BCUT2D eigenvalue weighted by atomic mass is 32.1. The molecule has 1 aromatic heterocycles. The van der Waals surface area contributed by atoms with Crippen LogP contribution in [0.1, 0.15) is 49.9 Å². The summed E-state index contributed by atoms with van der Waals surface area (Å²) >= 11 is 1.76. The molecule has 0 bridgehead atoms. The van der Waals surface area contributed by atoms with Gasteiger partial charge in [-0.05, 0) is 46.8 Å². The molecule has 1 heterocycles. The van der Waals surface area contributed by atoms with Gasteiger partial charge in [-0.3, -0.25) is 4.79 Å². The average Bonchev–Trinajstić information content (AvgIpc) is 2.72. The molecule has 4 heteroatoms. The normalized spacial score (nSPS) is 13.4. The second-order valence-corrected chi connectivity index (χ2v) is 7.38. The Bertz CT molecular complexity index is 420. The minimum Gasteiger partial charge on any atom is -0.338 e. The fourth-order valence-corrected chi connectivity index (χ4v) is 2.78. The van der Waals surface area contributed by atoms with Gasteiger partial charge in [0, 0.05) is 35.3 Å². The third-order valence-corrected chi connectivity index (χ3v) is 4.31. The summed E-state index contributed by atoms with van der Waals surface area (Å²) in [6, 6.07) is 4.37. The summed E-state index contributed by atoms with van der Waals surface area (Å²) in [7, 11) is 1.89. The van der Waals surface area contributed by atoms with Crippen LogP contribution in [0.4, 0.5) is 0 Å². The monoisotopic (exact) mass is 282 g/mol. The van der Waals surface area contributed by atoms with E-state index in [0.717, 1.165) is 6.54 Å². The van der Waals surface area contributed by atoms with Gasteiger partial charge in [0.05, 0.1) is 6.04 Å². The summed E-state index contributed by atoms with van der Waals surface area (Å²) in [6.07, 6.45) is 0.544. The van der Waals surface area contributed by atoms with E-state index in [1.807, 2.05) is 11.9 Å². The van der Waals surface area contributed by atoms with Gasteiger partial charge in [-0.15, -0.1) is 11.3 Å². The molecule has 19 heavy (non-hydrogen) atoms. The van der Waals surface area contributed by atoms with Gasteiger partial charge in [-0.1, -0.05) is 0 Å². The average molecular weight is 282 g/mol. The maximum Gasteiger partial charge on any atom is 0.224 e. The van der Waals surface area contributed by atoms with Crippen LogP contribution in [0, 0.1) is 6.92 Å². The molecule has 0 spiro atoms. The second kappa shape index (κ2) is 6.53. The van der Waals surface area contributed by atoms with Crippen LogP contribution in [0.5, 0.6) is 0 Å². The first-order chi connectivity index (χ1) is 8.70. The van der Waals surface area contributed by atoms with Gasteiger partial charge < -0.3 is 10.2 Å². The Kier molecular flexibility index (Phi) is 5.56. The minimum absolute atomic E-state index is 0.0648. The van der Waals surface area contributed by atoms with Gasteiger partial charge in [-0.25, -0.2) is 0 Å². The molecule has 0 fully saturated rings. The number of hydrogen-bond donors (Lipinski definition) is 1. The number of nitrogens with one attached hydrogen (secondary N) is 1. The van der Waals surface area contributed by atoms with Crippen molar-refractivity contribution >= 4 is 17.2 Å². The maximum absolute atomic E-state index is 12.1. The summed E-state index contributed by atoms with van der Waals surface area (Å²) in [6.45, 7) is 11.2. The number of carbonyl (C=O) groups is 1. The fraction of sp³-hybridized carbons (Fsp3) is 0.667. The molecule has 1 amide bonds. The zero-order valence-electron chi connectivity index (χ0n) is 12.9. The van der Waals surface area contributed by atoms with E-state index < -0.39 is 0 Å². The van der Waals surface area contributed by atoms with E-state index in [-0.39, 0.29) is 17.5 Å². The molecule has 1 rings (SSSR count). The largest absolute Gasteiger partial charge is 0.338 e. The third kappa shape index (κ3) is 5.33. The molecule has 3 nitrogen and oxygen atoms in total. The molecule has 108 valence electrons. The zero-order valence-corrected chi connectivity index (χ0v) is 13.7. The summed E-state index contributed by atoms with van der Waals surface area (Å²) in [4.78, 5) is 16.5. The van der Waals surface area contributed by atoms with E-state index in [0.29, 0.717) is 6.42 Å². The van der Waals surface area contributed by atoms with Gasteiger partial charge in [0.1, 0.15) is 0 Å². The van der Waals surface area contributed by atoms with Crippen LogP contribution in [0.15, 0.2) is 12.1 Å². The van der Waals surface area contributed by atoms with Crippen molar-refractivity contribution in [3.63, 3.8) is 0 Å². The van der Waals surface area contributed by atoms with Gasteiger partial charge in [0.25, 0.3) is 0 Å². The van der Waals surface area contributed by atoms with Gasteiger partial charge in [0.2, 0.25) is 5.91 Å². The van der Waals surface area contributed by atoms with Crippen LogP contribution < -0.4 is 5.32 Å². The molecule has 0 saturated heterocycles. The van der Waals surface area contributed by atoms with Crippen molar-refractivity contribution in [1.82, 2.24) is 10.2 Å². The van der Waals surface area contributed by atoms with E-state index in [1.54, 1.807) is 11.3 Å². The van der Waals surface area contributed by atoms with Crippen molar-refractivity contribution in [3.05, 3.63) is 21.9 Å². The Morgan fingerprint density at radius 1 is 1.42 bits per heavy atom. The fourth-order valence-electron chi connectivity index (χ4n) is 1.81. The molecule has 1 aromatic rings. The Balaban J connectivity index is 2.48. The first kappa shape index (κ1) is 16.2. The molecular formula is C15H26N2OS. The molecule has 1 atom stereocenters. The third-order valence-electron chi connectivity index (χ3n) is 3.14. The Morgan fingerprint density at radius 2 is 2.05 bits per heavy atom. The Hall–Kier alpha value is -0.870. The topological polar surface area (TPSA) is 32.3 Å². The molecule has 0 saturated carbocycles. The first-order valence-electron chi connectivity index (χ1n) is 6.78. The van der Waals surface area contributed by atoms with E-state index in [9.17, 15) is 4.79 Å². The lowest BCUT2D eigenvalue weighted by Gasteiger charge is -2.25. The van der Waals surface area contributed by atoms with Crippen LogP contribution in [0.25, 0.3) is 0 Å². The number of rotatable bonds is 5. The number of thiophene rings is 1. The van der Waals surface area contributed by atoms with E-state index in [1.165, 1.54) is 9.75 Å². The van der Waals surface area contributed by atoms with Crippen molar-refractivity contribution in [3.8, 4) is 0 Å². The summed E-state index contributed by atoms with van der Waals surface area (Å²) in [5.74, 6) is 0.190. The zero-order chi connectivity index (χ0) is 14.6. The highest BCUT2D eigenvalue weighted by Gasteiger charge is 2.19. The quantitative estimate of drug-likeness (QED) is 0.898. The number of amides is 1. The van der Waals surface area contributed by atoms with Gasteiger partial charge in [0.15, 0.2) is 0 Å². The lowest BCUT2D eigenvalue weighted by atomic mass is 10.1. The second-order valence-electron chi connectivity index (χ2n) is 6.06. The van der Waals surface area contributed by atoms with E-state index in [2.05, 4.69) is 52.1 Å². The maximum atomic E-state index is 12.1. The molecule has 1 unspecified atom stereocenters. The molecule has 0 aromatic carbocycles. The lowest BCUT2D eigenvalue weighted by Crippen LogP contribution is -2.39. The number of carbonyl (C=O) groups excluding carboxylic acids is 1. The van der Waals surface area contributed by atoms with Crippen LogP contribution in [-0.4, -0.2) is 29.9 Å². The summed E-state index contributed by atoms with van der Waals surface area (Å²) in [5, 5.41) is 3.35. The van der Waals surface area contributed by atoms with Crippen LogP contribution in [0.3, 0.4) is 0 Å². The number of hydrogen-bond acceptors (Lipinski definition) is 3. The predicted molar refractivity (Wildman–Crippen MR) is 82.6 cm³/mol. The van der Waals surface area contributed by atoms with Crippen LogP contribution >= 0.6 is 11.3 Å². The molecule has 0 radical (unpaired) electrons. The number of nitrogens with zero attached hydrogens (tertiary/aromatic N) is 1. The minimum atomic E-state index is 0.0648. The SMILES string of the molecule is Cc1ccc(C(C)N(C)C(=O)CCNC(C)(C)C)s1. The van der Waals surface area contributed by atoms with Crippen molar-refractivity contribution in [1.29, 1.82) is 0 Å². The standard InChI is InChI=1S/C15H26N2OS/c1-11-7-8-13(19-11)12(2)17(6)14(18)9-10-16-15(3,4)5/h7-8,12,16H,9-10H2,1-6H3. The van der Waals surface area contributed by atoms with Crippen molar-refractivity contribution in [2.75, 3.05) is 13.6 Å². The Labute approximate surface area is 121 Å². The van der Waals surface area contributed by atoms with Crippen molar-refractivity contribution in [2.45, 2.75) is 52.6 Å². The predicted octanol–water partition coefficient (Wildman–Crippen LogP) is 3.35. The first-order valence-corrected chi connectivity index (χ1v) is 7.59. The highest BCUT2D eigenvalue weighted by molar-refractivity contribution is 7.12. The summed E-state index contributed by atoms with van der Waals surface area (Å²) < 4.78 is 0. The van der Waals surface area contributed by atoms with E-state index >= 15 is 0 Å². The summed E-state index contributed by atoms with van der Waals surface area (Å²) in [5.41, 5.74) is 0.0648. The van der Waals surface area contributed by atoms with Crippen LogP contribution in [-0.2, 0) is 4.79 Å². The van der Waals surface area contributed by atoms with Gasteiger partial charge in [-0.2, -0.15) is 0 Å². The lowest BCUT2D eigenvalue weighted by molar-refractivity contribution is -0.131. The molecular weight excluding hydrogens is 256 g/mol. The van der Waals surface area contributed by atoms with E-state index in [4.69, 9.17) is 0 Å². The number of aryl methyl sites for hydroxylation is 1. The van der Waals surface area contributed by atoms with Crippen molar-refractivity contribution < 1.29 is 4.79 Å². The smallest absolute Gasteiger partial charge is 0.224 e. The molecule has 0 aliphatic carbocycles.